The highest BCUT2D eigenvalue weighted by Crippen LogP contribution is 2.40. The molecule has 90 valence electrons. The zero-order chi connectivity index (χ0) is 12.6. The maximum Gasteiger partial charge on any atom is 0.125 e. The molecule has 0 spiro atoms. The van der Waals surface area contributed by atoms with Crippen LogP contribution in [0.4, 0.5) is 10.1 Å². The van der Waals surface area contributed by atoms with Gasteiger partial charge in [-0.3, -0.25) is 4.99 Å². The fraction of sp³-hybridized carbons (Fsp3) is 0.133. The summed E-state index contributed by atoms with van der Waals surface area (Å²) in [5.41, 5.74) is 0.820. The molecule has 1 heterocycles. The Balaban J connectivity index is 2.19. The van der Waals surface area contributed by atoms with Gasteiger partial charge in [0.2, 0.25) is 0 Å². The minimum absolute atomic E-state index is 0.344. The van der Waals surface area contributed by atoms with Crippen LogP contribution in [0.2, 0.25) is 0 Å². The van der Waals surface area contributed by atoms with Crippen molar-refractivity contribution in [2.24, 2.45) is 4.99 Å². The molecule has 1 N–H and O–H groups in total. The molecule has 1 unspecified atom stereocenters. The normalized spacial score (nSPS) is 21.7. The van der Waals surface area contributed by atoms with Gasteiger partial charge in [-0.05, 0) is 17.7 Å². The molecule has 0 bridgehead atoms. The van der Waals surface area contributed by atoms with E-state index >= 15 is 0 Å². The minimum atomic E-state index is -1.12. The van der Waals surface area contributed by atoms with Crippen LogP contribution < -0.4 is 0 Å². The molecule has 0 fully saturated rings. The van der Waals surface area contributed by atoms with Gasteiger partial charge in [0, 0.05) is 18.2 Å². The van der Waals surface area contributed by atoms with Crippen LogP contribution in [-0.4, -0.2) is 11.3 Å². The van der Waals surface area contributed by atoms with Gasteiger partial charge in [-0.1, -0.05) is 36.4 Å². The molecule has 0 amide bonds. The molecular weight excluding hydrogens is 229 g/mol. The molecule has 1 aliphatic heterocycles. The summed E-state index contributed by atoms with van der Waals surface area (Å²) in [4.78, 5) is 4.15. The molecule has 0 aliphatic carbocycles. The molecule has 2 aromatic rings. The van der Waals surface area contributed by atoms with E-state index in [1.165, 1.54) is 12.1 Å². The largest absolute Gasteiger partial charge is 0.380 e. The van der Waals surface area contributed by atoms with E-state index in [-0.39, 0.29) is 5.82 Å². The first-order chi connectivity index (χ1) is 8.70. The van der Waals surface area contributed by atoms with Crippen LogP contribution in [0.1, 0.15) is 17.5 Å². The van der Waals surface area contributed by atoms with Crippen LogP contribution in [-0.2, 0) is 5.60 Å². The zero-order valence-corrected chi connectivity index (χ0v) is 9.68. The number of rotatable bonds is 1. The molecule has 18 heavy (non-hydrogen) atoms. The lowest BCUT2D eigenvalue weighted by Crippen LogP contribution is -2.29. The van der Waals surface area contributed by atoms with Crippen LogP contribution in [0.3, 0.4) is 0 Å². The van der Waals surface area contributed by atoms with Crippen LogP contribution in [0.25, 0.3) is 0 Å². The van der Waals surface area contributed by atoms with Gasteiger partial charge in [-0.15, -0.1) is 0 Å². The van der Waals surface area contributed by atoms with E-state index in [0.29, 0.717) is 17.7 Å². The van der Waals surface area contributed by atoms with Crippen molar-refractivity contribution in [1.82, 2.24) is 0 Å². The van der Waals surface area contributed by atoms with Crippen LogP contribution >= 0.6 is 0 Å². The third-order valence-corrected chi connectivity index (χ3v) is 3.27. The molecule has 3 heteroatoms. The summed E-state index contributed by atoms with van der Waals surface area (Å²) >= 11 is 0. The van der Waals surface area contributed by atoms with Crippen molar-refractivity contribution in [1.29, 1.82) is 0 Å². The molecule has 0 saturated carbocycles. The number of fused-ring (bicyclic) bond motifs is 1. The maximum absolute atomic E-state index is 13.2. The van der Waals surface area contributed by atoms with E-state index in [0.717, 1.165) is 5.56 Å². The third kappa shape index (κ3) is 1.64. The fourth-order valence-corrected chi connectivity index (χ4v) is 2.33. The highest BCUT2D eigenvalue weighted by Gasteiger charge is 2.34. The Labute approximate surface area is 104 Å². The smallest absolute Gasteiger partial charge is 0.125 e. The number of halogens is 1. The van der Waals surface area contributed by atoms with E-state index in [2.05, 4.69) is 4.99 Å². The zero-order valence-electron chi connectivity index (χ0n) is 9.68. The lowest BCUT2D eigenvalue weighted by Gasteiger charge is -2.31. The van der Waals surface area contributed by atoms with Crippen molar-refractivity contribution in [3.05, 3.63) is 65.5 Å². The third-order valence-electron chi connectivity index (χ3n) is 3.27. The Bertz CT molecular complexity index is 609. The Hall–Kier alpha value is -2.00. The van der Waals surface area contributed by atoms with E-state index in [1.54, 1.807) is 12.3 Å². The number of hydrogen-bond acceptors (Lipinski definition) is 2. The standard InChI is InChI=1S/C15H12FNO/c16-12-6-7-13-14(10-12)17-9-8-15(13,18)11-4-2-1-3-5-11/h1-7,9-10,18H,8H2. The van der Waals surface area contributed by atoms with Gasteiger partial charge in [-0.2, -0.15) is 0 Å². The summed E-state index contributed by atoms with van der Waals surface area (Å²) in [6, 6.07) is 13.7. The average molecular weight is 241 g/mol. The molecule has 2 nitrogen and oxygen atoms in total. The van der Waals surface area contributed by atoms with E-state index < -0.39 is 5.60 Å². The first-order valence-corrected chi connectivity index (χ1v) is 5.80. The number of hydrogen-bond donors (Lipinski definition) is 1. The average Bonchev–Trinajstić information content (AvgIpc) is 2.40. The minimum Gasteiger partial charge on any atom is -0.380 e. The van der Waals surface area contributed by atoms with Gasteiger partial charge in [0.1, 0.15) is 11.4 Å². The topological polar surface area (TPSA) is 32.6 Å². The fourth-order valence-electron chi connectivity index (χ4n) is 2.33. The van der Waals surface area contributed by atoms with Gasteiger partial charge < -0.3 is 5.11 Å². The van der Waals surface area contributed by atoms with Crippen LogP contribution in [0, 0.1) is 5.82 Å². The van der Waals surface area contributed by atoms with E-state index in [1.807, 2.05) is 30.3 Å². The predicted molar refractivity (Wildman–Crippen MR) is 68.6 cm³/mol. The molecule has 2 aromatic carbocycles. The lowest BCUT2D eigenvalue weighted by molar-refractivity contribution is 0.0892. The Morgan fingerprint density at radius 3 is 2.67 bits per heavy atom. The van der Waals surface area contributed by atoms with Crippen molar-refractivity contribution >= 4 is 11.9 Å². The molecule has 3 rings (SSSR count). The van der Waals surface area contributed by atoms with E-state index in [4.69, 9.17) is 0 Å². The molecule has 0 saturated heterocycles. The van der Waals surface area contributed by atoms with Crippen molar-refractivity contribution < 1.29 is 9.50 Å². The van der Waals surface area contributed by atoms with Gasteiger partial charge >= 0.3 is 0 Å². The second-order valence-corrected chi connectivity index (χ2v) is 4.40. The molecular formula is C15H12FNO. The van der Waals surface area contributed by atoms with Crippen LogP contribution in [0.5, 0.6) is 0 Å². The van der Waals surface area contributed by atoms with Crippen LogP contribution in [0.15, 0.2) is 53.5 Å². The summed E-state index contributed by atoms with van der Waals surface area (Å²) < 4.78 is 13.2. The monoisotopic (exact) mass is 241 g/mol. The van der Waals surface area contributed by atoms with Crippen molar-refractivity contribution in [2.75, 3.05) is 0 Å². The van der Waals surface area contributed by atoms with Gasteiger partial charge in [0.25, 0.3) is 0 Å². The molecule has 1 aliphatic rings. The summed E-state index contributed by atoms with van der Waals surface area (Å²) in [7, 11) is 0. The second kappa shape index (κ2) is 4.03. The Kier molecular flexibility index (Phi) is 2.49. The Morgan fingerprint density at radius 2 is 1.89 bits per heavy atom. The quantitative estimate of drug-likeness (QED) is 0.817. The molecule has 0 aromatic heterocycles. The number of benzene rings is 2. The lowest BCUT2D eigenvalue weighted by atomic mass is 9.81. The maximum atomic E-state index is 13.2. The SMILES string of the molecule is OC1(c2ccccc2)CC=Nc2cc(F)ccc21. The first kappa shape index (κ1) is 11.1. The van der Waals surface area contributed by atoms with Gasteiger partial charge in [0.15, 0.2) is 0 Å². The predicted octanol–water partition coefficient (Wildman–Crippen LogP) is 3.17. The van der Waals surface area contributed by atoms with Crippen molar-refractivity contribution in [3.8, 4) is 0 Å². The van der Waals surface area contributed by atoms with Gasteiger partial charge in [0.05, 0.1) is 5.69 Å². The van der Waals surface area contributed by atoms with Gasteiger partial charge in [-0.25, -0.2) is 4.39 Å². The van der Waals surface area contributed by atoms with E-state index in [9.17, 15) is 9.50 Å². The second-order valence-electron chi connectivity index (χ2n) is 4.40. The van der Waals surface area contributed by atoms with Crippen molar-refractivity contribution in [2.45, 2.75) is 12.0 Å². The molecule has 0 radical (unpaired) electrons. The summed E-state index contributed by atoms with van der Waals surface area (Å²) in [5.74, 6) is -0.344. The number of aliphatic hydroxyl groups is 1. The Morgan fingerprint density at radius 1 is 1.11 bits per heavy atom. The van der Waals surface area contributed by atoms with Crippen molar-refractivity contribution in [3.63, 3.8) is 0 Å². The highest BCUT2D eigenvalue weighted by atomic mass is 19.1. The highest BCUT2D eigenvalue weighted by molar-refractivity contribution is 5.73. The summed E-state index contributed by atoms with van der Waals surface area (Å²) in [6.07, 6.45) is 2.03. The molecule has 1 atom stereocenters. The summed E-state index contributed by atoms with van der Waals surface area (Å²) in [6.45, 7) is 0. The first-order valence-electron chi connectivity index (χ1n) is 5.80. The summed E-state index contributed by atoms with van der Waals surface area (Å²) in [5, 5.41) is 10.9. The number of nitrogens with zero attached hydrogens (tertiary/aromatic N) is 1. The number of aliphatic imine (C=N–C) groups is 1.